The molecule has 0 heterocycles. The Morgan fingerprint density at radius 2 is 1.88 bits per heavy atom. The molecule has 0 aliphatic rings. The number of hydrogen-bond donors (Lipinski definition) is 3. The zero-order chi connectivity index (χ0) is 13.3. The lowest BCUT2D eigenvalue weighted by Crippen LogP contribution is -2.43. The molecule has 6 nitrogen and oxygen atoms in total. The van der Waals surface area contributed by atoms with E-state index >= 15 is 0 Å². The fraction of sp³-hybridized carbons (Fsp3) is 0.818. The number of hydrogen-bond acceptors (Lipinski definition) is 4. The normalized spacial score (nSPS) is 12.2. The number of nitrogens with two attached hydrogens (primary N) is 1. The van der Waals surface area contributed by atoms with E-state index in [2.05, 4.69) is 29.2 Å². The molecule has 0 aliphatic carbocycles. The predicted octanol–water partition coefficient (Wildman–Crippen LogP) is 0.222. The second-order valence-corrected chi connectivity index (χ2v) is 4.32. The Kier molecular flexibility index (Phi) is 8.13. The van der Waals surface area contributed by atoms with Crippen molar-refractivity contribution < 1.29 is 14.3 Å². The molecular formula is C11H23N3O3. The van der Waals surface area contributed by atoms with Gasteiger partial charge in [0.25, 0.3) is 0 Å². The van der Waals surface area contributed by atoms with Crippen LogP contribution < -0.4 is 16.4 Å². The van der Waals surface area contributed by atoms with Crippen molar-refractivity contribution in [1.82, 2.24) is 10.6 Å². The van der Waals surface area contributed by atoms with Gasteiger partial charge in [-0.15, -0.1) is 0 Å². The smallest absolute Gasteiger partial charge is 0.404 e. The van der Waals surface area contributed by atoms with Crippen molar-refractivity contribution in [3.05, 3.63) is 0 Å². The van der Waals surface area contributed by atoms with Crippen molar-refractivity contribution in [2.75, 3.05) is 19.7 Å². The zero-order valence-electron chi connectivity index (χ0n) is 10.8. The minimum absolute atomic E-state index is 0.0512. The highest BCUT2D eigenvalue weighted by Gasteiger charge is 2.11. The molecule has 0 saturated heterocycles. The first-order valence-corrected chi connectivity index (χ1v) is 5.86. The van der Waals surface area contributed by atoms with E-state index in [1.165, 1.54) is 0 Å². The molecule has 0 spiro atoms. The van der Waals surface area contributed by atoms with E-state index in [4.69, 9.17) is 5.73 Å². The number of rotatable bonds is 8. The van der Waals surface area contributed by atoms with Crippen LogP contribution in [0, 0.1) is 5.92 Å². The summed E-state index contributed by atoms with van der Waals surface area (Å²) in [6.45, 7) is 7.22. The molecule has 17 heavy (non-hydrogen) atoms. The third-order valence-electron chi connectivity index (χ3n) is 2.21. The van der Waals surface area contributed by atoms with Gasteiger partial charge in [0.15, 0.2) is 0 Å². The summed E-state index contributed by atoms with van der Waals surface area (Å²) in [5, 5.41) is 5.76. The maximum Gasteiger partial charge on any atom is 0.404 e. The Labute approximate surface area is 102 Å². The van der Waals surface area contributed by atoms with Gasteiger partial charge in [0.2, 0.25) is 5.91 Å². The summed E-state index contributed by atoms with van der Waals surface area (Å²) in [6.07, 6.45) is 0.157. The van der Waals surface area contributed by atoms with Crippen LogP contribution >= 0.6 is 0 Å². The van der Waals surface area contributed by atoms with Crippen molar-refractivity contribution in [3.8, 4) is 0 Å². The van der Waals surface area contributed by atoms with Gasteiger partial charge in [-0.05, 0) is 19.3 Å². The average molecular weight is 245 g/mol. The van der Waals surface area contributed by atoms with Crippen molar-refractivity contribution >= 4 is 12.0 Å². The van der Waals surface area contributed by atoms with Crippen LogP contribution in [0.5, 0.6) is 0 Å². The summed E-state index contributed by atoms with van der Waals surface area (Å²) in [4.78, 5) is 21.8. The van der Waals surface area contributed by atoms with Gasteiger partial charge < -0.3 is 21.1 Å². The van der Waals surface area contributed by atoms with Gasteiger partial charge in [-0.25, -0.2) is 4.79 Å². The summed E-state index contributed by atoms with van der Waals surface area (Å²) in [5.41, 5.74) is 4.79. The fourth-order valence-corrected chi connectivity index (χ4v) is 1.16. The maximum atomic E-state index is 11.5. The van der Waals surface area contributed by atoms with E-state index in [9.17, 15) is 9.59 Å². The van der Waals surface area contributed by atoms with Crippen LogP contribution in [0.25, 0.3) is 0 Å². The summed E-state index contributed by atoms with van der Waals surface area (Å²) in [5.74, 6) is 0.521. The van der Waals surface area contributed by atoms with Crippen LogP contribution in [0.4, 0.5) is 4.79 Å². The minimum atomic E-state index is -0.805. The fourth-order valence-electron chi connectivity index (χ4n) is 1.16. The van der Waals surface area contributed by atoms with Gasteiger partial charge in [0.1, 0.15) is 6.61 Å². The molecule has 0 fully saturated rings. The van der Waals surface area contributed by atoms with Gasteiger partial charge in [-0.3, -0.25) is 4.79 Å². The summed E-state index contributed by atoms with van der Waals surface area (Å²) in [7, 11) is 0. The van der Waals surface area contributed by atoms with Crippen LogP contribution in [-0.4, -0.2) is 37.7 Å². The Balaban J connectivity index is 3.57. The Bertz CT molecular complexity index is 244. The molecule has 0 aliphatic heterocycles. The third kappa shape index (κ3) is 9.62. The first-order valence-electron chi connectivity index (χ1n) is 5.86. The predicted molar refractivity (Wildman–Crippen MR) is 65.5 cm³/mol. The topological polar surface area (TPSA) is 93.4 Å². The summed E-state index contributed by atoms with van der Waals surface area (Å²) >= 11 is 0. The highest BCUT2D eigenvalue weighted by atomic mass is 16.5. The molecule has 1 atom stereocenters. The first kappa shape index (κ1) is 15.7. The Morgan fingerprint density at radius 3 is 2.41 bits per heavy atom. The van der Waals surface area contributed by atoms with E-state index in [1.807, 2.05) is 0 Å². The Morgan fingerprint density at radius 1 is 1.24 bits per heavy atom. The number of carbonyl (C=O) groups is 2. The van der Waals surface area contributed by atoms with Crippen LogP contribution in [0.15, 0.2) is 0 Å². The maximum absolute atomic E-state index is 11.5. The van der Waals surface area contributed by atoms with E-state index in [0.29, 0.717) is 19.0 Å². The van der Waals surface area contributed by atoms with Crippen molar-refractivity contribution in [2.24, 2.45) is 11.7 Å². The van der Waals surface area contributed by atoms with E-state index in [0.717, 1.165) is 6.42 Å². The summed E-state index contributed by atoms with van der Waals surface area (Å²) in [6, 6.07) is -0.307. The van der Waals surface area contributed by atoms with E-state index < -0.39 is 6.09 Å². The van der Waals surface area contributed by atoms with Crippen molar-refractivity contribution in [2.45, 2.75) is 33.2 Å². The molecule has 0 radical (unpaired) electrons. The molecule has 100 valence electrons. The molecule has 0 rings (SSSR count). The standard InChI is InChI=1S/C11H23N3O3/c1-8(2)4-5-14-10(15)9(3)13-6-7-17-11(12)16/h8-9,13H,4-7H2,1-3H3,(H2,12,16)(H,14,15). The molecule has 1 unspecified atom stereocenters. The van der Waals surface area contributed by atoms with Gasteiger partial charge in [-0.2, -0.15) is 0 Å². The van der Waals surface area contributed by atoms with Gasteiger partial charge in [0.05, 0.1) is 6.04 Å². The molecule has 0 bridgehead atoms. The van der Waals surface area contributed by atoms with Gasteiger partial charge in [0, 0.05) is 13.1 Å². The molecule has 4 N–H and O–H groups in total. The quantitative estimate of drug-likeness (QED) is 0.533. The number of ether oxygens (including phenoxy) is 1. The van der Waals surface area contributed by atoms with Crippen molar-refractivity contribution in [3.63, 3.8) is 0 Å². The lowest BCUT2D eigenvalue weighted by molar-refractivity contribution is -0.122. The second-order valence-electron chi connectivity index (χ2n) is 4.32. The summed E-state index contributed by atoms with van der Waals surface area (Å²) < 4.78 is 4.53. The van der Waals surface area contributed by atoms with Crippen LogP contribution in [0.3, 0.4) is 0 Å². The van der Waals surface area contributed by atoms with Gasteiger partial charge >= 0.3 is 6.09 Å². The molecule has 0 saturated carbocycles. The molecule has 0 aromatic rings. The third-order valence-corrected chi connectivity index (χ3v) is 2.21. The number of carbonyl (C=O) groups excluding carboxylic acids is 2. The van der Waals surface area contributed by atoms with E-state index in [-0.39, 0.29) is 18.6 Å². The average Bonchev–Trinajstić information content (AvgIpc) is 2.23. The number of amides is 2. The number of nitrogens with one attached hydrogen (secondary N) is 2. The van der Waals surface area contributed by atoms with E-state index in [1.54, 1.807) is 6.92 Å². The number of primary amides is 1. The molecule has 2 amide bonds. The minimum Gasteiger partial charge on any atom is -0.448 e. The monoisotopic (exact) mass is 245 g/mol. The molecule has 6 heteroatoms. The van der Waals surface area contributed by atoms with Crippen molar-refractivity contribution in [1.29, 1.82) is 0 Å². The zero-order valence-corrected chi connectivity index (χ0v) is 10.8. The largest absolute Gasteiger partial charge is 0.448 e. The lowest BCUT2D eigenvalue weighted by atomic mass is 10.1. The Hall–Kier alpha value is -1.30. The first-order chi connectivity index (χ1) is 7.93. The second kappa shape index (κ2) is 8.81. The molecule has 0 aromatic heterocycles. The lowest BCUT2D eigenvalue weighted by Gasteiger charge is -2.14. The van der Waals surface area contributed by atoms with Gasteiger partial charge in [-0.1, -0.05) is 13.8 Å². The highest BCUT2D eigenvalue weighted by molar-refractivity contribution is 5.81. The van der Waals surface area contributed by atoms with Crippen LogP contribution in [0.2, 0.25) is 0 Å². The molecular weight excluding hydrogens is 222 g/mol. The highest BCUT2D eigenvalue weighted by Crippen LogP contribution is 1.96. The molecule has 0 aromatic carbocycles. The SMILES string of the molecule is CC(C)CCNC(=O)C(C)NCCOC(N)=O. The van der Waals surface area contributed by atoms with Crippen LogP contribution in [-0.2, 0) is 9.53 Å². The van der Waals surface area contributed by atoms with Crippen LogP contribution in [0.1, 0.15) is 27.2 Å².